The van der Waals surface area contributed by atoms with E-state index in [9.17, 15) is 19.5 Å². The molecule has 0 radical (unpaired) electrons. The minimum Gasteiger partial charge on any atom is -0.481 e. The largest absolute Gasteiger partial charge is 0.481 e. The third kappa shape index (κ3) is 4.58. The summed E-state index contributed by atoms with van der Waals surface area (Å²) >= 11 is 0. The summed E-state index contributed by atoms with van der Waals surface area (Å²) in [7, 11) is 3.28. The molecule has 0 aliphatic heterocycles. The van der Waals surface area contributed by atoms with Gasteiger partial charge >= 0.3 is 5.97 Å². The third-order valence-electron chi connectivity index (χ3n) is 3.70. The van der Waals surface area contributed by atoms with E-state index in [1.165, 1.54) is 9.80 Å². The lowest BCUT2D eigenvalue weighted by Crippen LogP contribution is -2.46. The molecule has 2 atom stereocenters. The fraction of sp³-hybridized carbons (Fsp3) is 0.667. The van der Waals surface area contributed by atoms with E-state index >= 15 is 0 Å². The number of allylic oxidation sites excluding steroid dienone is 2. The first-order valence-electron chi connectivity index (χ1n) is 7.25. The topological polar surface area (TPSA) is 77.9 Å². The molecular weight excluding hydrogens is 272 g/mol. The Morgan fingerprint density at radius 3 is 2.19 bits per heavy atom. The van der Waals surface area contributed by atoms with Gasteiger partial charge in [0.25, 0.3) is 0 Å². The summed E-state index contributed by atoms with van der Waals surface area (Å²) in [6.45, 7) is 2.40. The van der Waals surface area contributed by atoms with Crippen LogP contribution in [0, 0.1) is 11.8 Å². The second kappa shape index (κ2) is 7.81. The highest BCUT2D eigenvalue weighted by atomic mass is 16.4. The minimum atomic E-state index is -0.951. The van der Waals surface area contributed by atoms with Crippen LogP contribution in [0.15, 0.2) is 12.2 Å². The molecule has 0 bridgehead atoms. The Balaban J connectivity index is 2.86. The minimum absolute atomic E-state index is 0.00618. The molecular formula is C15H24N2O4. The molecule has 1 aliphatic carbocycles. The van der Waals surface area contributed by atoms with Crippen molar-refractivity contribution in [3.8, 4) is 0 Å². The zero-order valence-electron chi connectivity index (χ0n) is 12.9. The van der Waals surface area contributed by atoms with Crippen molar-refractivity contribution in [3.05, 3.63) is 12.2 Å². The molecule has 0 aromatic rings. The quantitative estimate of drug-likeness (QED) is 0.741. The van der Waals surface area contributed by atoms with E-state index in [1.54, 1.807) is 20.2 Å². The zero-order valence-corrected chi connectivity index (χ0v) is 12.9. The second-order valence-electron chi connectivity index (χ2n) is 5.54. The Hall–Kier alpha value is -1.85. The molecule has 0 fully saturated rings. The number of aliphatic carboxylic acids is 1. The number of carbonyl (C=O) groups is 3. The first kappa shape index (κ1) is 17.2. The van der Waals surface area contributed by atoms with Gasteiger partial charge in [0.05, 0.1) is 18.4 Å². The van der Waals surface area contributed by atoms with E-state index in [4.69, 9.17) is 0 Å². The standard InChI is InChI=1S/C15H24N2O4/c1-4-9-17(10-13(18)16(2)3)14(19)11-7-5-6-8-12(11)15(20)21/h5-6,11-12H,4,7-10H2,1-3H3,(H,20,21). The van der Waals surface area contributed by atoms with Gasteiger partial charge in [0.1, 0.15) is 0 Å². The molecule has 0 saturated heterocycles. The maximum absolute atomic E-state index is 12.6. The highest BCUT2D eigenvalue weighted by molar-refractivity contribution is 5.89. The molecule has 0 heterocycles. The normalized spacial score (nSPS) is 20.9. The highest BCUT2D eigenvalue weighted by Crippen LogP contribution is 2.27. The molecule has 6 nitrogen and oxygen atoms in total. The van der Waals surface area contributed by atoms with Gasteiger partial charge in [-0.2, -0.15) is 0 Å². The first-order chi connectivity index (χ1) is 9.88. The number of nitrogens with zero attached hydrogens (tertiary/aromatic N) is 2. The molecule has 1 aliphatic rings. The number of carboxylic acids is 1. The molecule has 1 rings (SSSR count). The molecule has 0 saturated carbocycles. The molecule has 1 N–H and O–H groups in total. The first-order valence-corrected chi connectivity index (χ1v) is 7.25. The highest BCUT2D eigenvalue weighted by Gasteiger charge is 2.36. The number of likely N-dealkylation sites (N-methyl/N-ethyl adjacent to an activating group) is 1. The van der Waals surface area contributed by atoms with E-state index in [-0.39, 0.29) is 18.4 Å². The van der Waals surface area contributed by atoms with Crippen LogP contribution in [0.5, 0.6) is 0 Å². The molecule has 2 unspecified atom stereocenters. The fourth-order valence-corrected chi connectivity index (χ4v) is 2.44. The van der Waals surface area contributed by atoms with E-state index in [0.29, 0.717) is 19.4 Å². The van der Waals surface area contributed by atoms with Crippen LogP contribution in [0.1, 0.15) is 26.2 Å². The monoisotopic (exact) mass is 296 g/mol. The van der Waals surface area contributed by atoms with Gasteiger partial charge in [-0.05, 0) is 19.3 Å². The average Bonchev–Trinajstić information content (AvgIpc) is 2.45. The summed E-state index contributed by atoms with van der Waals surface area (Å²) in [5.74, 6) is -2.61. The van der Waals surface area contributed by atoms with Crippen molar-refractivity contribution in [2.24, 2.45) is 11.8 Å². The van der Waals surface area contributed by atoms with E-state index in [2.05, 4.69) is 0 Å². The predicted molar refractivity (Wildman–Crippen MR) is 78.6 cm³/mol. The Bertz CT molecular complexity index is 431. The summed E-state index contributed by atoms with van der Waals surface area (Å²) in [6.07, 6.45) is 5.17. The lowest BCUT2D eigenvalue weighted by Gasteiger charge is -2.31. The third-order valence-corrected chi connectivity index (χ3v) is 3.70. The van der Waals surface area contributed by atoms with Crippen LogP contribution >= 0.6 is 0 Å². The number of amides is 2. The number of carboxylic acid groups (broad SMARTS) is 1. The van der Waals surface area contributed by atoms with Crippen molar-refractivity contribution < 1.29 is 19.5 Å². The van der Waals surface area contributed by atoms with Crippen LogP contribution in [-0.2, 0) is 14.4 Å². The Kier molecular flexibility index (Phi) is 6.39. The van der Waals surface area contributed by atoms with Crippen molar-refractivity contribution in [2.75, 3.05) is 27.2 Å². The SMILES string of the molecule is CCCN(CC(=O)N(C)C)C(=O)C1CC=CCC1C(=O)O. The van der Waals surface area contributed by atoms with Crippen molar-refractivity contribution in [1.82, 2.24) is 9.80 Å². The number of hydrogen-bond acceptors (Lipinski definition) is 3. The van der Waals surface area contributed by atoms with Crippen LogP contribution in [0.2, 0.25) is 0 Å². The Morgan fingerprint density at radius 2 is 1.71 bits per heavy atom. The van der Waals surface area contributed by atoms with Crippen LogP contribution in [0.4, 0.5) is 0 Å². The lowest BCUT2D eigenvalue weighted by atomic mass is 9.82. The van der Waals surface area contributed by atoms with Gasteiger partial charge in [-0.15, -0.1) is 0 Å². The van der Waals surface area contributed by atoms with Gasteiger partial charge in [0, 0.05) is 20.6 Å². The van der Waals surface area contributed by atoms with Gasteiger partial charge in [0.15, 0.2) is 0 Å². The van der Waals surface area contributed by atoms with Crippen LogP contribution in [0.25, 0.3) is 0 Å². The maximum Gasteiger partial charge on any atom is 0.307 e. The molecule has 2 amide bonds. The van der Waals surface area contributed by atoms with Crippen LogP contribution < -0.4 is 0 Å². The van der Waals surface area contributed by atoms with Gasteiger partial charge in [0.2, 0.25) is 11.8 Å². The van der Waals surface area contributed by atoms with E-state index < -0.39 is 17.8 Å². The molecule has 21 heavy (non-hydrogen) atoms. The number of hydrogen-bond donors (Lipinski definition) is 1. The van der Waals surface area contributed by atoms with E-state index in [0.717, 1.165) is 6.42 Å². The Morgan fingerprint density at radius 1 is 1.14 bits per heavy atom. The summed E-state index contributed by atoms with van der Waals surface area (Å²) in [5.41, 5.74) is 0. The van der Waals surface area contributed by atoms with Crippen molar-refractivity contribution in [2.45, 2.75) is 26.2 Å². The molecule has 6 heteroatoms. The smallest absolute Gasteiger partial charge is 0.307 e. The number of carbonyl (C=O) groups excluding carboxylic acids is 2. The molecule has 0 aromatic carbocycles. The van der Waals surface area contributed by atoms with Gasteiger partial charge in [-0.25, -0.2) is 0 Å². The second-order valence-corrected chi connectivity index (χ2v) is 5.54. The van der Waals surface area contributed by atoms with Gasteiger partial charge in [-0.3, -0.25) is 14.4 Å². The maximum atomic E-state index is 12.6. The summed E-state index contributed by atoms with van der Waals surface area (Å²) < 4.78 is 0. The molecule has 0 aromatic heterocycles. The van der Waals surface area contributed by atoms with Crippen LogP contribution in [0.3, 0.4) is 0 Å². The average molecular weight is 296 g/mol. The van der Waals surface area contributed by atoms with Crippen LogP contribution in [-0.4, -0.2) is 59.9 Å². The van der Waals surface area contributed by atoms with Crippen molar-refractivity contribution in [1.29, 1.82) is 0 Å². The fourth-order valence-electron chi connectivity index (χ4n) is 2.44. The van der Waals surface area contributed by atoms with Gasteiger partial charge < -0.3 is 14.9 Å². The van der Waals surface area contributed by atoms with Crippen molar-refractivity contribution in [3.63, 3.8) is 0 Å². The summed E-state index contributed by atoms with van der Waals surface area (Å²) in [6, 6.07) is 0. The molecule has 118 valence electrons. The number of rotatable bonds is 6. The lowest BCUT2D eigenvalue weighted by molar-refractivity contribution is -0.151. The van der Waals surface area contributed by atoms with E-state index in [1.807, 2.05) is 13.0 Å². The summed E-state index contributed by atoms with van der Waals surface area (Å²) in [4.78, 5) is 38.7. The zero-order chi connectivity index (χ0) is 16.0. The van der Waals surface area contributed by atoms with Gasteiger partial charge in [-0.1, -0.05) is 19.1 Å². The molecule has 0 spiro atoms. The van der Waals surface area contributed by atoms with Crippen molar-refractivity contribution >= 4 is 17.8 Å². The predicted octanol–water partition coefficient (Wildman–Crippen LogP) is 0.980. The Labute approximate surface area is 125 Å². The summed E-state index contributed by atoms with van der Waals surface area (Å²) in [5, 5.41) is 9.26.